The predicted molar refractivity (Wildman–Crippen MR) is 478 cm³/mol. The zero-order valence-electron chi connectivity index (χ0n) is 61.2. The Bertz CT molecular complexity index is 6490. The molecule has 7 nitrogen and oxygen atoms in total. The van der Waals surface area contributed by atoms with Crippen molar-refractivity contribution in [1.82, 2.24) is 34.1 Å². The summed E-state index contributed by atoms with van der Waals surface area (Å²) in [4.78, 5) is 24.4. The van der Waals surface area contributed by atoms with Crippen molar-refractivity contribution in [3.8, 4) is 124 Å². The molecule has 21 rings (SSSR count). The van der Waals surface area contributed by atoms with E-state index in [4.69, 9.17) is 19.9 Å². The molecule has 0 aliphatic heterocycles. The van der Waals surface area contributed by atoms with Gasteiger partial charge in [-0.25, -0.2) is 19.9 Å². The lowest BCUT2D eigenvalue weighted by molar-refractivity contribution is 1.18. The van der Waals surface area contributed by atoms with Gasteiger partial charge in [-0.3, -0.25) is 0 Å². The Morgan fingerprint density at radius 3 is 0.655 bits per heavy atom. The zero-order valence-corrected chi connectivity index (χ0v) is 64.4. The Morgan fingerprint density at radius 2 is 0.389 bits per heavy atom. The van der Waals surface area contributed by atoms with Crippen molar-refractivity contribution in [1.29, 1.82) is 0 Å². The zero-order chi connectivity index (χ0) is 75.6. The average Bonchev–Trinajstić information content (AvgIpc) is 1.62. The van der Waals surface area contributed by atoms with E-state index in [1.165, 1.54) is 65.4 Å². The summed E-state index contributed by atoms with van der Waals surface area (Å²) in [6.07, 6.45) is 0. The maximum atomic E-state index is 5.39. The van der Waals surface area contributed by atoms with Crippen LogP contribution in [-0.4, -0.2) is 34.1 Å². The summed E-state index contributed by atoms with van der Waals surface area (Å²) < 4.78 is 6.78. The number of para-hydroxylation sites is 6. The highest BCUT2D eigenvalue weighted by molar-refractivity contribution is 9.10. The van der Waals surface area contributed by atoms with Crippen molar-refractivity contribution < 1.29 is 0 Å². The second-order valence-corrected chi connectivity index (χ2v) is 29.9. The van der Waals surface area contributed by atoms with E-state index >= 15 is 0 Å². The molecular formula is C104H69Br2N7. The number of aromatic amines is 1. The molecule has 9 heteroatoms. The standard InChI is InChI=1S/C58H38N4.C34H22Br2N2.C12H9N/c1-3-15-39(16-4-1)43-35-51(41-27-31-45(32-28-41)61-55-23-11-7-19-47(55)48-20-8-12-24-56(48)61)59-53(37-43)54-38-44(40-17-5-2-6-18-40)36-52(60-54)42-29-33-46(34-30-42)62-57-25-13-9-21-49(57)50-22-10-14-26-58(50)62;35-29-15-11-25(12-16-29)31-19-27(23-7-3-1-4-8-23)21-33(37-31)34-22-28(24-9-5-2-6-10-24)20-32(38-34)26-13-17-30(36)18-14-26;1-3-7-11-9(5-1)10-6-2-4-8-12(10)13-11/h1-38H;1-22H;1-8,13H. The fraction of sp³-hybridized carbons (Fsp3) is 0. The van der Waals surface area contributed by atoms with Crippen molar-refractivity contribution >= 4 is 97.3 Å². The first-order valence-electron chi connectivity index (χ1n) is 37.8. The van der Waals surface area contributed by atoms with Gasteiger partial charge in [-0.1, -0.05) is 311 Å². The molecule has 0 bridgehead atoms. The minimum Gasteiger partial charge on any atom is -0.355 e. The topological polar surface area (TPSA) is 77.2 Å². The molecule has 14 aromatic carbocycles. The molecule has 0 radical (unpaired) electrons. The molecule has 1 N–H and O–H groups in total. The number of pyridine rings is 4. The molecule has 21 aromatic rings. The van der Waals surface area contributed by atoms with Gasteiger partial charge in [0.05, 0.1) is 67.6 Å². The summed E-state index contributed by atoms with van der Waals surface area (Å²) in [5.74, 6) is 0. The van der Waals surface area contributed by atoms with Gasteiger partial charge in [0.15, 0.2) is 0 Å². The summed E-state index contributed by atoms with van der Waals surface area (Å²) in [6, 6.07) is 145. The van der Waals surface area contributed by atoms with Crippen LogP contribution in [-0.2, 0) is 0 Å². The normalized spacial score (nSPS) is 11.3. The highest BCUT2D eigenvalue weighted by Crippen LogP contribution is 2.40. The van der Waals surface area contributed by atoms with E-state index in [2.05, 4.69) is 422 Å². The molecule has 0 amide bonds. The van der Waals surface area contributed by atoms with E-state index in [0.29, 0.717) is 0 Å². The van der Waals surface area contributed by atoms with E-state index in [9.17, 15) is 0 Å². The Morgan fingerprint density at radius 1 is 0.177 bits per heavy atom. The highest BCUT2D eigenvalue weighted by Gasteiger charge is 2.20. The van der Waals surface area contributed by atoms with E-state index in [0.717, 1.165) is 133 Å². The maximum Gasteiger partial charge on any atom is 0.0900 e. The molecule has 0 atom stereocenters. The first kappa shape index (κ1) is 69.5. The minimum absolute atomic E-state index is 0.814. The van der Waals surface area contributed by atoms with Gasteiger partial charge in [0, 0.05) is 85.9 Å². The number of halogens is 2. The molecule has 7 aromatic heterocycles. The first-order valence-corrected chi connectivity index (χ1v) is 39.4. The predicted octanol–water partition coefficient (Wildman–Crippen LogP) is 28.7. The number of aromatic nitrogens is 7. The lowest BCUT2D eigenvalue weighted by Gasteiger charge is -2.14. The molecule has 0 saturated carbocycles. The first-order chi connectivity index (χ1) is 55.8. The van der Waals surface area contributed by atoms with Gasteiger partial charge in [-0.15, -0.1) is 0 Å². The van der Waals surface area contributed by atoms with Crippen LogP contribution in [0.2, 0.25) is 0 Å². The SMILES string of the molecule is Brc1ccc(-c2cc(-c3ccccc3)cc(-c3cc(-c4ccccc4)cc(-c4ccc(Br)cc4)n3)n2)cc1.c1ccc(-c2cc(-c3ccc(-n4c5ccccc5c5ccccc54)cc3)nc(-c3cc(-c4ccccc4)cc(-c4ccc(-n5c6ccccc6c6ccccc65)cc4)n3)c2)cc1.c1ccc2c(c1)[nH]c1ccccc12. The molecule has 0 aliphatic carbocycles. The molecule has 0 spiro atoms. The summed E-state index contributed by atoms with van der Waals surface area (Å²) in [5.41, 5.74) is 29.4. The monoisotopic (exact) mass is 1570 g/mol. The minimum atomic E-state index is 0.814. The number of hydrogen-bond donors (Lipinski definition) is 1. The highest BCUT2D eigenvalue weighted by atomic mass is 79.9. The van der Waals surface area contributed by atoms with Crippen LogP contribution in [0.3, 0.4) is 0 Å². The maximum absolute atomic E-state index is 5.39. The molecule has 0 fully saturated rings. The van der Waals surface area contributed by atoms with E-state index < -0.39 is 0 Å². The van der Waals surface area contributed by atoms with E-state index in [1.807, 2.05) is 36.4 Å². The molecule has 113 heavy (non-hydrogen) atoms. The van der Waals surface area contributed by atoms with Crippen molar-refractivity contribution in [3.63, 3.8) is 0 Å². The number of rotatable bonds is 12. The summed E-state index contributed by atoms with van der Waals surface area (Å²) in [7, 11) is 0. The third kappa shape index (κ3) is 14.2. The smallest absolute Gasteiger partial charge is 0.0900 e. The van der Waals surface area contributed by atoms with Gasteiger partial charge in [-0.05, 0) is 178 Å². The third-order valence-corrected chi connectivity index (χ3v) is 22.0. The van der Waals surface area contributed by atoms with Crippen LogP contribution >= 0.6 is 31.9 Å². The van der Waals surface area contributed by atoms with Gasteiger partial charge in [-0.2, -0.15) is 0 Å². The quantitative estimate of drug-likeness (QED) is 0.132. The van der Waals surface area contributed by atoms with Gasteiger partial charge in [0.1, 0.15) is 0 Å². The summed E-state index contributed by atoms with van der Waals surface area (Å²) >= 11 is 7.10. The van der Waals surface area contributed by atoms with Gasteiger partial charge < -0.3 is 14.1 Å². The van der Waals surface area contributed by atoms with Crippen LogP contribution in [0.25, 0.3) is 189 Å². The summed E-state index contributed by atoms with van der Waals surface area (Å²) in [6.45, 7) is 0. The summed E-state index contributed by atoms with van der Waals surface area (Å²) in [5, 5.41) is 7.60. The van der Waals surface area contributed by atoms with Crippen molar-refractivity contribution in [2.75, 3.05) is 0 Å². The van der Waals surface area contributed by atoms with Crippen molar-refractivity contribution in [2.24, 2.45) is 0 Å². The number of nitrogens with zero attached hydrogens (tertiary/aromatic N) is 6. The second-order valence-electron chi connectivity index (χ2n) is 28.0. The largest absolute Gasteiger partial charge is 0.355 e. The van der Waals surface area contributed by atoms with E-state index in [-0.39, 0.29) is 0 Å². The molecule has 0 saturated heterocycles. The number of benzene rings is 14. The van der Waals surface area contributed by atoms with Crippen LogP contribution in [0.15, 0.2) is 421 Å². The van der Waals surface area contributed by atoms with Crippen LogP contribution in [0.4, 0.5) is 0 Å². The molecule has 7 heterocycles. The Balaban J connectivity index is 0.000000141. The van der Waals surface area contributed by atoms with Gasteiger partial charge >= 0.3 is 0 Å². The molecule has 0 aliphatic rings. The lowest BCUT2D eigenvalue weighted by Crippen LogP contribution is -1.97. The van der Waals surface area contributed by atoms with Gasteiger partial charge in [0.2, 0.25) is 0 Å². The Hall–Kier alpha value is -14.0. The second kappa shape index (κ2) is 30.8. The van der Waals surface area contributed by atoms with Crippen molar-refractivity contribution in [2.45, 2.75) is 0 Å². The molecule has 534 valence electrons. The lowest BCUT2D eigenvalue weighted by atomic mass is 9.98. The number of hydrogen-bond acceptors (Lipinski definition) is 4. The number of nitrogens with one attached hydrogen (secondary N) is 1. The Labute approximate surface area is 671 Å². The fourth-order valence-corrected chi connectivity index (χ4v) is 16.0. The van der Waals surface area contributed by atoms with Crippen LogP contribution in [0.1, 0.15) is 0 Å². The number of H-pyrrole nitrogens is 1. The molecule has 0 unspecified atom stereocenters. The van der Waals surface area contributed by atoms with Crippen LogP contribution in [0.5, 0.6) is 0 Å². The van der Waals surface area contributed by atoms with Crippen LogP contribution < -0.4 is 0 Å². The molecular weight excluding hydrogens is 1510 g/mol. The number of fused-ring (bicyclic) bond motifs is 9. The van der Waals surface area contributed by atoms with Gasteiger partial charge in [0.25, 0.3) is 0 Å². The fourth-order valence-electron chi connectivity index (χ4n) is 15.4. The van der Waals surface area contributed by atoms with Crippen molar-refractivity contribution in [3.05, 3.63) is 421 Å². The van der Waals surface area contributed by atoms with E-state index in [1.54, 1.807) is 0 Å². The van der Waals surface area contributed by atoms with Crippen LogP contribution in [0, 0.1) is 0 Å². The third-order valence-electron chi connectivity index (χ3n) is 21.0. The average molecular weight is 1580 g/mol. The Kier molecular flexibility index (Phi) is 19.0.